The molecule has 0 aromatic rings. The van der Waals surface area contributed by atoms with Gasteiger partial charge in [-0.15, -0.1) is 0 Å². The average Bonchev–Trinajstić information content (AvgIpc) is 2.79. The van der Waals surface area contributed by atoms with Crippen LogP contribution in [-0.4, -0.2) is 32.3 Å². The first-order valence-corrected chi connectivity index (χ1v) is 18.8. The zero-order valence-electron chi connectivity index (χ0n) is 23.0. The van der Waals surface area contributed by atoms with Crippen LogP contribution in [0.5, 0.6) is 0 Å². The van der Waals surface area contributed by atoms with Gasteiger partial charge in [0.2, 0.25) is 0 Å². The van der Waals surface area contributed by atoms with Crippen molar-refractivity contribution in [3.05, 3.63) is 0 Å². The zero-order valence-corrected chi connectivity index (χ0v) is 24.6. The fraction of sp³-hybridized carbons (Fsp3) is 1.00. The predicted molar refractivity (Wildman–Crippen MR) is 143 cm³/mol. The maximum atomic E-state index is 14.6. The second kappa shape index (κ2) is 22.5. The van der Waals surface area contributed by atoms with E-state index in [0.29, 0.717) is 16.1 Å². The maximum absolute atomic E-state index is 14.6. The third kappa shape index (κ3) is 19.5. The molecule has 0 rings (SSSR count). The predicted octanol–water partition coefficient (Wildman–Crippen LogP) is 7.03. The quantitative estimate of drug-likeness (QED) is 0.0787. The number of unbranched alkanes of at least 4 members (excludes halogenated alkanes) is 15. The van der Waals surface area contributed by atoms with E-state index in [0.717, 1.165) is 77.4 Å². The van der Waals surface area contributed by atoms with E-state index < -0.39 is 16.1 Å². The first kappa shape index (κ1) is 34.3. The van der Waals surface area contributed by atoms with Crippen molar-refractivity contribution < 1.29 is 26.0 Å². The van der Waals surface area contributed by atoms with Gasteiger partial charge >= 0.3 is 214 Å². The second-order valence-electron chi connectivity index (χ2n) is 10.6. The van der Waals surface area contributed by atoms with Crippen LogP contribution >= 0.6 is 0 Å². The molecule has 34 heavy (non-hydrogen) atoms. The molecule has 0 aromatic heterocycles. The minimum absolute atomic E-state index is 0.0696. The summed E-state index contributed by atoms with van der Waals surface area (Å²) in [5.74, 6) is 0. The molecule has 6 N–H and O–H groups in total. The molecule has 0 heterocycles. The van der Waals surface area contributed by atoms with E-state index in [-0.39, 0.29) is 6.10 Å². The molecule has 0 radical (unpaired) electrons. The summed E-state index contributed by atoms with van der Waals surface area (Å²) >= 11 is -4.72. The Hall–Kier alpha value is 0.314. The van der Waals surface area contributed by atoms with Crippen molar-refractivity contribution in [2.75, 3.05) is 26.2 Å². The van der Waals surface area contributed by atoms with Gasteiger partial charge in [-0.3, -0.25) is 0 Å². The molecular weight excluding hydrogens is 462 g/mol. The molecule has 0 saturated carbocycles. The Balaban J connectivity index is 4.81. The van der Waals surface area contributed by atoms with E-state index in [1.807, 2.05) is 13.8 Å². The van der Waals surface area contributed by atoms with E-state index in [1.54, 1.807) is 0 Å². The Morgan fingerprint density at radius 2 is 0.853 bits per heavy atom. The third-order valence-corrected chi connectivity index (χ3v) is 13.8. The number of rotatable bonds is 27. The van der Waals surface area contributed by atoms with Gasteiger partial charge in [-0.05, 0) is 0 Å². The Kier molecular flexibility index (Phi) is 22.7. The molecule has 7 heteroatoms. The summed E-state index contributed by atoms with van der Waals surface area (Å²) in [6.45, 7) is 6.90. The molecule has 0 aliphatic rings. The molecule has 206 valence electrons. The van der Waals surface area contributed by atoms with Crippen molar-refractivity contribution in [3.63, 3.8) is 0 Å². The Labute approximate surface area is 214 Å². The fourth-order valence-electron chi connectivity index (χ4n) is 4.84. The van der Waals surface area contributed by atoms with Crippen molar-refractivity contribution >= 4 is 0 Å². The van der Waals surface area contributed by atoms with Crippen molar-refractivity contribution in [2.24, 2.45) is 17.2 Å². The third-order valence-electron chi connectivity index (χ3n) is 6.75. The van der Waals surface area contributed by atoms with Crippen LogP contribution in [0, 0.1) is 0 Å². The van der Waals surface area contributed by atoms with Crippen LogP contribution in [0.15, 0.2) is 0 Å². The topological polar surface area (TPSA) is 114 Å². The summed E-state index contributed by atoms with van der Waals surface area (Å²) in [4.78, 5) is 0. The van der Waals surface area contributed by atoms with Crippen LogP contribution in [-0.2, 0) is 26.0 Å². The monoisotopic (exact) mass is 523 g/mol. The van der Waals surface area contributed by atoms with E-state index in [9.17, 15) is 3.32 Å². The fourth-order valence-corrected chi connectivity index (χ4v) is 11.6. The molecule has 0 aromatic carbocycles. The second-order valence-corrected chi connectivity index (χ2v) is 17.3. The van der Waals surface area contributed by atoms with Gasteiger partial charge in [-0.25, -0.2) is 0 Å². The number of hydrogen-bond donors (Lipinski definition) is 3. The molecule has 0 saturated heterocycles. The molecule has 0 fully saturated rings. The number of hydrogen-bond acceptors (Lipinski definition) is 6. The molecule has 0 aliphatic heterocycles. The minimum atomic E-state index is -4.72. The molecule has 0 bridgehead atoms. The molecule has 6 nitrogen and oxygen atoms in total. The van der Waals surface area contributed by atoms with Gasteiger partial charge in [0.1, 0.15) is 0 Å². The van der Waals surface area contributed by atoms with Crippen molar-refractivity contribution in [3.8, 4) is 0 Å². The molecule has 0 unspecified atom stereocenters. The van der Waals surface area contributed by atoms with Gasteiger partial charge < -0.3 is 0 Å². The average molecular weight is 524 g/mol. The standard InChI is InChI=1S/C8H18NO.2C8H18N.C3H7O.O.Ti/c9-7-5-3-1-2-4-6-8-10;2*1-2-3-4-5-6-7-8-9;1-3(2)4;;/h1-9H2;2*1-9H2;3H,1-2H3;;/q-1;;;-1;;+2. The SMILES string of the molecule is CC(C)[O][Ti](=[O])([CH2]CCCCCCCN)([CH2]CCCCCCCN)[O]CCCCCCCCN. The molecule has 0 atom stereocenters. The zero-order chi connectivity index (χ0) is 25.4. The molecule has 0 spiro atoms. The molecular formula is C27H61N3O3Ti. The van der Waals surface area contributed by atoms with Crippen molar-refractivity contribution in [1.82, 2.24) is 0 Å². The summed E-state index contributed by atoms with van der Waals surface area (Å²) in [6.07, 6.45) is 20.1. The Bertz CT molecular complexity index is 482. The van der Waals surface area contributed by atoms with Crippen molar-refractivity contribution in [2.45, 2.75) is 145 Å². The van der Waals surface area contributed by atoms with Gasteiger partial charge in [0.15, 0.2) is 0 Å². The van der Waals surface area contributed by atoms with Crippen LogP contribution in [0.3, 0.4) is 0 Å². The Morgan fingerprint density at radius 3 is 1.21 bits per heavy atom. The molecule has 0 aliphatic carbocycles. The summed E-state index contributed by atoms with van der Waals surface area (Å²) in [7, 11) is 0. The van der Waals surface area contributed by atoms with Gasteiger partial charge in [0.25, 0.3) is 0 Å². The summed E-state index contributed by atoms with van der Waals surface area (Å²) in [6, 6.07) is 0. The van der Waals surface area contributed by atoms with Gasteiger partial charge in [0.05, 0.1) is 0 Å². The van der Waals surface area contributed by atoms with Crippen LogP contribution in [0.1, 0.15) is 129 Å². The first-order chi connectivity index (χ1) is 16.4. The van der Waals surface area contributed by atoms with Crippen LogP contribution in [0.4, 0.5) is 0 Å². The van der Waals surface area contributed by atoms with E-state index in [2.05, 4.69) is 0 Å². The van der Waals surface area contributed by atoms with Gasteiger partial charge in [-0.2, -0.15) is 0 Å². The van der Waals surface area contributed by atoms with E-state index >= 15 is 0 Å². The van der Waals surface area contributed by atoms with Gasteiger partial charge in [-0.1, -0.05) is 0 Å². The van der Waals surface area contributed by atoms with Crippen LogP contribution < -0.4 is 17.2 Å². The normalized spacial score (nSPS) is 12.7. The van der Waals surface area contributed by atoms with Crippen LogP contribution in [0.25, 0.3) is 0 Å². The first-order valence-electron chi connectivity index (χ1n) is 14.7. The van der Waals surface area contributed by atoms with Gasteiger partial charge in [0, 0.05) is 0 Å². The van der Waals surface area contributed by atoms with E-state index in [1.165, 1.54) is 57.8 Å². The number of nitrogens with two attached hydrogens (primary N) is 3. The Morgan fingerprint density at radius 1 is 0.529 bits per heavy atom. The van der Waals surface area contributed by atoms with E-state index in [4.69, 9.17) is 23.8 Å². The summed E-state index contributed by atoms with van der Waals surface area (Å²) < 4.78 is 28.6. The summed E-state index contributed by atoms with van der Waals surface area (Å²) in [5, 5.41) is 0. The summed E-state index contributed by atoms with van der Waals surface area (Å²) in [5.41, 5.74) is 16.8. The molecule has 0 amide bonds. The van der Waals surface area contributed by atoms with Crippen molar-refractivity contribution in [1.29, 1.82) is 0 Å². The van der Waals surface area contributed by atoms with Crippen LogP contribution in [0.2, 0.25) is 9.45 Å².